The summed E-state index contributed by atoms with van der Waals surface area (Å²) in [5.41, 5.74) is 0.479. The Morgan fingerprint density at radius 2 is 2.07 bits per heavy atom. The number of amides is 2. The minimum Gasteiger partial charge on any atom is -0.331 e. The van der Waals surface area contributed by atoms with Crippen LogP contribution in [0.2, 0.25) is 0 Å². The number of nitrogens with zero attached hydrogens (tertiary/aromatic N) is 1. The summed E-state index contributed by atoms with van der Waals surface area (Å²) < 4.78 is 13.2. The van der Waals surface area contributed by atoms with Crippen LogP contribution in [-0.4, -0.2) is 60.4 Å². The number of anilines is 1. The molecule has 0 unspecified atom stereocenters. The van der Waals surface area contributed by atoms with Crippen LogP contribution in [0.15, 0.2) is 24.3 Å². The van der Waals surface area contributed by atoms with E-state index < -0.39 is 0 Å². The van der Waals surface area contributed by atoms with Gasteiger partial charge in [0.15, 0.2) is 6.54 Å². The van der Waals surface area contributed by atoms with Crippen LogP contribution in [-0.2, 0) is 9.59 Å². The van der Waals surface area contributed by atoms with Crippen molar-refractivity contribution in [1.82, 2.24) is 4.90 Å². The first-order chi connectivity index (χ1) is 13.6. The summed E-state index contributed by atoms with van der Waals surface area (Å²) >= 11 is 0. The van der Waals surface area contributed by atoms with Gasteiger partial charge in [0, 0.05) is 23.1 Å². The van der Waals surface area contributed by atoms with E-state index in [0.717, 1.165) is 36.1 Å². The van der Waals surface area contributed by atoms with Gasteiger partial charge < -0.3 is 15.1 Å². The van der Waals surface area contributed by atoms with Gasteiger partial charge in [-0.25, -0.2) is 4.39 Å². The van der Waals surface area contributed by atoms with Crippen LogP contribution in [0.25, 0.3) is 0 Å². The molecule has 5 nitrogen and oxygen atoms in total. The zero-order chi connectivity index (χ0) is 19.8. The average Bonchev–Trinajstić information content (AvgIpc) is 3.19. The van der Waals surface area contributed by atoms with Crippen LogP contribution < -0.4 is 10.2 Å². The largest absolute Gasteiger partial charge is 0.331 e. The summed E-state index contributed by atoms with van der Waals surface area (Å²) in [4.78, 5) is 27.6. The molecule has 1 aromatic rings. The van der Waals surface area contributed by atoms with E-state index in [2.05, 4.69) is 5.32 Å². The Kier molecular flexibility index (Phi) is 8.48. The monoisotopic (exact) mass is 426 g/mol. The first kappa shape index (κ1) is 21.5. The lowest BCUT2D eigenvalue weighted by molar-refractivity contribution is -0.895. The van der Waals surface area contributed by atoms with Gasteiger partial charge in [-0.1, -0.05) is 34.1 Å². The number of halogens is 1. The Hall–Kier alpha value is -1.25. The molecule has 3 rings (SSSR count). The second kappa shape index (κ2) is 11.1. The lowest BCUT2D eigenvalue weighted by Gasteiger charge is -2.32. The molecule has 0 aliphatic carbocycles. The van der Waals surface area contributed by atoms with E-state index in [-0.39, 0.29) is 17.6 Å². The molecule has 0 bridgehead atoms. The predicted octanol–water partition coefficient (Wildman–Crippen LogP) is 2.21. The maximum Gasteiger partial charge on any atom is 0.279 e. The number of piperazine rings is 1. The third-order valence-electron chi connectivity index (χ3n) is 5.24. The second-order valence-corrected chi connectivity index (χ2v) is 10.2. The summed E-state index contributed by atoms with van der Waals surface area (Å²) in [6.07, 6.45) is 5.28. The molecular formula is C20H29FN3O2S2+. The third-order valence-corrected chi connectivity index (χ3v) is 8.24. The molecule has 2 aliphatic rings. The Morgan fingerprint density at radius 1 is 1.25 bits per heavy atom. The molecule has 2 heterocycles. The fraction of sp³-hybridized carbons (Fsp3) is 0.600. The Morgan fingerprint density at radius 3 is 2.79 bits per heavy atom. The molecule has 28 heavy (non-hydrogen) atoms. The van der Waals surface area contributed by atoms with E-state index in [1.54, 1.807) is 12.1 Å². The second-order valence-electron chi connectivity index (χ2n) is 7.44. The van der Waals surface area contributed by atoms with Gasteiger partial charge in [0.1, 0.15) is 5.82 Å². The number of carbonyl (C=O) groups is 2. The molecule has 2 aliphatic heterocycles. The molecular weight excluding hydrogens is 397 g/mol. The summed E-state index contributed by atoms with van der Waals surface area (Å²) in [7, 11) is 3.97. The van der Waals surface area contributed by atoms with Crippen molar-refractivity contribution in [2.75, 3.05) is 43.8 Å². The topological polar surface area (TPSA) is 53.9 Å². The van der Waals surface area contributed by atoms with Crippen molar-refractivity contribution in [2.45, 2.75) is 37.4 Å². The molecule has 2 amide bonds. The summed E-state index contributed by atoms with van der Waals surface area (Å²) in [5, 5.41) is 3.52. The van der Waals surface area contributed by atoms with Crippen LogP contribution in [0.4, 0.5) is 10.1 Å². The highest BCUT2D eigenvalue weighted by atomic mass is 33.1. The Balaban J connectivity index is 1.30. The fourth-order valence-corrected chi connectivity index (χ4v) is 6.65. The zero-order valence-electron chi connectivity index (χ0n) is 16.1. The van der Waals surface area contributed by atoms with E-state index >= 15 is 0 Å². The van der Waals surface area contributed by atoms with Crippen molar-refractivity contribution < 1.29 is 18.9 Å². The maximum absolute atomic E-state index is 13.2. The summed E-state index contributed by atoms with van der Waals surface area (Å²) in [5.74, 6) is 1.03. The van der Waals surface area contributed by atoms with E-state index in [0.29, 0.717) is 31.7 Å². The van der Waals surface area contributed by atoms with Crippen LogP contribution in [0, 0.1) is 5.82 Å². The normalized spacial score (nSPS) is 20.3. The highest BCUT2D eigenvalue weighted by molar-refractivity contribution is 8.77. The molecule has 0 radical (unpaired) electrons. The smallest absolute Gasteiger partial charge is 0.279 e. The fourth-order valence-electron chi connectivity index (χ4n) is 3.62. The number of hydrogen-bond acceptors (Lipinski definition) is 4. The molecule has 2 fully saturated rings. The van der Waals surface area contributed by atoms with E-state index in [4.69, 9.17) is 0 Å². The van der Waals surface area contributed by atoms with Crippen LogP contribution in [0.1, 0.15) is 32.1 Å². The van der Waals surface area contributed by atoms with Crippen LogP contribution in [0.3, 0.4) is 0 Å². The van der Waals surface area contributed by atoms with Gasteiger partial charge in [-0.3, -0.25) is 9.59 Å². The van der Waals surface area contributed by atoms with Gasteiger partial charge in [0.2, 0.25) is 5.91 Å². The molecule has 1 aromatic carbocycles. The van der Waals surface area contributed by atoms with Gasteiger partial charge in [0.25, 0.3) is 5.91 Å². The van der Waals surface area contributed by atoms with Crippen molar-refractivity contribution in [3.63, 3.8) is 0 Å². The number of quaternary nitrogens is 1. The molecule has 154 valence electrons. The van der Waals surface area contributed by atoms with E-state index in [1.807, 2.05) is 26.5 Å². The molecule has 2 saturated heterocycles. The predicted molar refractivity (Wildman–Crippen MR) is 114 cm³/mol. The lowest BCUT2D eigenvalue weighted by atomic mass is 10.1. The molecule has 8 heteroatoms. The van der Waals surface area contributed by atoms with Gasteiger partial charge in [0.05, 0.1) is 26.2 Å². The first-order valence-corrected chi connectivity index (χ1v) is 12.4. The first-order valence-electron chi connectivity index (χ1n) is 10.0. The molecule has 0 aromatic heterocycles. The summed E-state index contributed by atoms with van der Waals surface area (Å²) in [6, 6.07) is 5.92. The van der Waals surface area contributed by atoms with Crippen LogP contribution in [0.5, 0.6) is 0 Å². The third kappa shape index (κ3) is 6.97. The van der Waals surface area contributed by atoms with Crippen LogP contribution >= 0.6 is 21.6 Å². The highest BCUT2D eigenvalue weighted by Crippen LogP contribution is 2.39. The number of carbonyl (C=O) groups excluding carboxylic acids is 2. The molecule has 2 N–H and O–H groups in total. The molecule has 0 saturated carbocycles. The minimum atomic E-state index is -0.363. The van der Waals surface area contributed by atoms with Gasteiger partial charge in [-0.05, 0) is 37.5 Å². The maximum atomic E-state index is 13.2. The van der Waals surface area contributed by atoms with Gasteiger partial charge >= 0.3 is 0 Å². The van der Waals surface area contributed by atoms with Gasteiger partial charge in [-0.15, -0.1) is 0 Å². The standard InChI is InChI=1S/C20H28FN3O2S2/c21-16-4-3-5-17(14-16)22-19(25)15-23-9-11-24(12-10-23)20(26)7-2-1-6-18-8-13-27-28-18/h3-5,14,18H,1-2,6-13,15H2,(H,22,25)/p+1/t18-/m1/s1. The molecule has 0 spiro atoms. The van der Waals surface area contributed by atoms with Crippen molar-refractivity contribution in [2.24, 2.45) is 0 Å². The highest BCUT2D eigenvalue weighted by Gasteiger charge is 2.25. The number of hydrogen-bond donors (Lipinski definition) is 2. The average molecular weight is 427 g/mol. The van der Waals surface area contributed by atoms with Gasteiger partial charge in [-0.2, -0.15) is 0 Å². The van der Waals surface area contributed by atoms with Crippen molar-refractivity contribution in [3.8, 4) is 0 Å². The SMILES string of the molecule is O=C(C[NH+]1CCN(C(=O)CCCC[C@@H]2CCSS2)CC1)Nc1cccc(F)c1. The molecule has 1 atom stereocenters. The number of benzene rings is 1. The van der Waals surface area contributed by atoms with Crippen molar-refractivity contribution in [3.05, 3.63) is 30.1 Å². The Labute approximate surface area is 174 Å². The van der Waals surface area contributed by atoms with Crippen molar-refractivity contribution in [1.29, 1.82) is 0 Å². The number of rotatable bonds is 8. The van der Waals surface area contributed by atoms with E-state index in [9.17, 15) is 14.0 Å². The number of nitrogens with one attached hydrogen (secondary N) is 2. The number of unbranched alkanes of at least 4 members (excludes halogenated alkanes) is 1. The quantitative estimate of drug-likeness (QED) is 0.494. The lowest BCUT2D eigenvalue weighted by Crippen LogP contribution is -3.15. The van der Waals surface area contributed by atoms with Crippen molar-refractivity contribution >= 4 is 39.1 Å². The minimum absolute atomic E-state index is 0.122. The Bertz CT molecular complexity index is 663. The summed E-state index contributed by atoms with van der Waals surface area (Å²) in [6.45, 7) is 3.30. The van der Waals surface area contributed by atoms with E-state index in [1.165, 1.54) is 30.7 Å². The zero-order valence-corrected chi connectivity index (χ0v) is 17.8.